The first-order valence-corrected chi connectivity index (χ1v) is 9.79. The van der Waals surface area contributed by atoms with Crippen LogP contribution in [-0.4, -0.2) is 12.6 Å². The minimum atomic E-state index is -0.315. The number of carbonyl (C=O) groups is 1. The number of hydrogen-bond donors (Lipinski definition) is 0. The van der Waals surface area contributed by atoms with Crippen molar-refractivity contribution in [2.45, 2.75) is 72.6 Å². The molecule has 2 fully saturated rings. The number of carbonyl (C=O) groups excluding carboxylic acids is 1. The summed E-state index contributed by atoms with van der Waals surface area (Å²) in [5.41, 5.74) is 1.82. The van der Waals surface area contributed by atoms with Gasteiger partial charge in [0.15, 0.2) is 0 Å². The smallest absolute Gasteiger partial charge is 0.312 e. The van der Waals surface area contributed by atoms with E-state index in [0.717, 1.165) is 25.7 Å². The molecule has 0 aromatic rings. The SMILES string of the molecule is C=C[C@@]1(C)CC[C@H]2C(=CC[C@@H]3[C@]2(C)CCC[C@@]3(C)C(=O)OCC)C1. The molecular formula is C22H34O2. The average molecular weight is 331 g/mol. The lowest BCUT2D eigenvalue weighted by molar-refractivity contribution is -0.169. The molecule has 0 radical (unpaired) electrons. The maximum absolute atomic E-state index is 12.8. The average Bonchev–Trinajstić information content (AvgIpc) is 2.54. The first kappa shape index (κ1) is 17.8. The maximum Gasteiger partial charge on any atom is 0.312 e. The van der Waals surface area contributed by atoms with Crippen molar-refractivity contribution in [3.8, 4) is 0 Å². The van der Waals surface area contributed by atoms with E-state index in [1.54, 1.807) is 5.57 Å². The molecule has 0 amide bonds. The summed E-state index contributed by atoms with van der Waals surface area (Å²) < 4.78 is 5.49. The van der Waals surface area contributed by atoms with Crippen LogP contribution in [0.3, 0.4) is 0 Å². The van der Waals surface area contributed by atoms with Crippen molar-refractivity contribution in [3.63, 3.8) is 0 Å². The fraction of sp³-hybridized carbons (Fsp3) is 0.773. The molecule has 2 heteroatoms. The monoisotopic (exact) mass is 330 g/mol. The molecule has 0 heterocycles. The van der Waals surface area contributed by atoms with Crippen molar-refractivity contribution in [2.24, 2.45) is 28.1 Å². The van der Waals surface area contributed by atoms with Crippen molar-refractivity contribution in [1.82, 2.24) is 0 Å². The minimum absolute atomic E-state index is 0.0320. The molecule has 5 atom stereocenters. The van der Waals surface area contributed by atoms with E-state index in [2.05, 4.69) is 39.5 Å². The summed E-state index contributed by atoms with van der Waals surface area (Å²) in [5.74, 6) is 1.09. The van der Waals surface area contributed by atoms with E-state index in [1.165, 1.54) is 19.3 Å². The van der Waals surface area contributed by atoms with E-state index in [0.29, 0.717) is 18.4 Å². The van der Waals surface area contributed by atoms with Gasteiger partial charge in [0.05, 0.1) is 12.0 Å². The van der Waals surface area contributed by atoms with Gasteiger partial charge < -0.3 is 4.74 Å². The Balaban J connectivity index is 1.94. The van der Waals surface area contributed by atoms with Crippen LogP contribution in [0.25, 0.3) is 0 Å². The highest BCUT2D eigenvalue weighted by molar-refractivity contribution is 5.77. The zero-order valence-electron chi connectivity index (χ0n) is 16.0. The van der Waals surface area contributed by atoms with Gasteiger partial charge in [-0.3, -0.25) is 4.79 Å². The van der Waals surface area contributed by atoms with E-state index < -0.39 is 0 Å². The molecule has 24 heavy (non-hydrogen) atoms. The molecule has 0 bridgehead atoms. The number of fused-ring (bicyclic) bond motifs is 3. The Morgan fingerprint density at radius 1 is 1.33 bits per heavy atom. The molecule has 134 valence electrons. The second-order valence-corrected chi connectivity index (χ2v) is 9.19. The normalized spacial score (nSPS) is 44.8. The zero-order chi connectivity index (χ0) is 17.6. The van der Waals surface area contributed by atoms with Gasteiger partial charge in [0, 0.05) is 0 Å². The summed E-state index contributed by atoms with van der Waals surface area (Å²) in [4.78, 5) is 12.8. The van der Waals surface area contributed by atoms with Gasteiger partial charge in [0.25, 0.3) is 0 Å². The molecule has 2 saturated carbocycles. The van der Waals surface area contributed by atoms with Gasteiger partial charge in [0.1, 0.15) is 0 Å². The van der Waals surface area contributed by atoms with Crippen LogP contribution in [0.1, 0.15) is 72.6 Å². The van der Waals surface area contributed by atoms with Gasteiger partial charge in [-0.25, -0.2) is 0 Å². The van der Waals surface area contributed by atoms with E-state index >= 15 is 0 Å². The summed E-state index contributed by atoms with van der Waals surface area (Å²) in [6.45, 7) is 13.4. The maximum atomic E-state index is 12.8. The van der Waals surface area contributed by atoms with Gasteiger partial charge >= 0.3 is 5.97 Å². The number of ether oxygens (including phenoxy) is 1. The van der Waals surface area contributed by atoms with Crippen molar-refractivity contribution in [1.29, 1.82) is 0 Å². The fourth-order valence-corrected chi connectivity index (χ4v) is 6.15. The van der Waals surface area contributed by atoms with Crippen molar-refractivity contribution in [3.05, 3.63) is 24.3 Å². The van der Waals surface area contributed by atoms with Gasteiger partial charge in [-0.15, -0.1) is 6.58 Å². The van der Waals surface area contributed by atoms with Crippen molar-refractivity contribution >= 4 is 5.97 Å². The quantitative estimate of drug-likeness (QED) is 0.491. The van der Waals surface area contributed by atoms with Crippen molar-refractivity contribution in [2.75, 3.05) is 6.61 Å². The molecule has 0 aliphatic heterocycles. The Kier molecular flexibility index (Phi) is 4.47. The summed E-state index contributed by atoms with van der Waals surface area (Å²) in [6.07, 6.45) is 12.6. The van der Waals surface area contributed by atoms with Gasteiger partial charge in [-0.2, -0.15) is 0 Å². The Bertz CT molecular complexity index is 562. The summed E-state index contributed by atoms with van der Waals surface area (Å²) in [6, 6.07) is 0. The molecule has 0 aromatic carbocycles. The molecule has 0 saturated heterocycles. The van der Waals surface area contributed by atoms with Crippen LogP contribution >= 0.6 is 0 Å². The van der Waals surface area contributed by atoms with E-state index in [9.17, 15) is 4.79 Å². The molecule has 0 aromatic heterocycles. The number of esters is 1. The standard InChI is InChI=1S/C22H34O2/c1-6-20(3)14-11-17-16(15-20)9-10-18-21(17,4)12-8-13-22(18,5)19(23)24-7-2/h6,9,17-18H,1,7-8,10-15H2,2-5H3/t17-,18+,20-,21+,22+/m0/s1. The number of hydrogen-bond acceptors (Lipinski definition) is 2. The molecule has 0 spiro atoms. The predicted octanol–water partition coefficient (Wildman–Crippen LogP) is 5.68. The van der Waals surface area contributed by atoms with E-state index in [4.69, 9.17) is 4.74 Å². The Labute approximate surface area is 147 Å². The lowest BCUT2D eigenvalue weighted by atomic mass is 9.45. The molecule has 0 unspecified atom stereocenters. The lowest BCUT2D eigenvalue weighted by Gasteiger charge is -2.58. The molecular weight excluding hydrogens is 296 g/mol. The fourth-order valence-electron chi connectivity index (χ4n) is 6.15. The first-order valence-electron chi connectivity index (χ1n) is 9.79. The summed E-state index contributed by atoms with van der Waals surface area (Å²) >= 11 is 0. The van der Waals surface area contributed by atoms with Gasteiger partial charge in [0.2, 0.25) is 0 Å². The highest BCUT2D eigenvalue weighted by atomic mass is 16.5. The molecule has 2 nitrogen and oxygen atoms in total. The topological polar surface area (TPSA) is 26.3 Å². The Morgan fingerprint density at radius 3 is 2.75 bits per heavy atom. The Hall–Kier alpha value is -1.05. The van der Waals surface area contributed by atoms with Crippen LogP contribution in [0, 0.1) is 28.1 Å². The van der Waals surface area contributed by atoms with Crippen molar-refractivity contribution < 1.29 is 9.53 Å². The third kappa shape index (κ3) is 2.57. The summed E-state index contributed by atoms with van der Waals surface area (Å²) in [5, 5.41) is 0. The molecule has 3 aliphatic carbocycles. The Morgan fingerprint density at radius 2 is 2.08 bits per heavy atom. The number of rotatable bonds is 3. The summed E-state index contributed by atoms with van der Waals surface area (Å²) in [7, 11) is 0. The van der Waals surface area contributed by atoms with Crippen LogP contribution in [0.5, 0.6) is 0 Å². The van der Waals surface area contributed by atoms with Crippen LogP contribution in [0.15, 0.2) is 24.3 Å². The predicted molar refractivity (Wildman–Crippen MR) is 98.5 cm³/mol. The molecule has 0 N–H and O–H groups in total. The largest absolute Gasteiger partial charge is 0.466 e. The third-order valence-electron chi connectivity index (χ3n) is 7.68. The van der Waals surface area contributed by atoms with Gasteiger partial charge in [-0.1, -0.05) is 38.0 Å². The number of allylic oxidation sites excluding steroid dienone is 3. The first-order chi connectivity index (χ1) is 11.3. The van der Waals surface area contributed by atoms with E-state index in [1.807, 2.05) is 6.92 Å². The van der Waals surface area contributed by atoms with Crippen LogP contribution in [0.2, 0.25) is 0 Å². The van der Waals surface area contributed by atoms with Crippen LogP contribution < -0.4 is 0 Å². The third-order valence-corrected chi connectivity index (χ3v) is 7.68. The minimum Gasteiger partial charge on any atom is -0.466 e. The van der Waals surface area contributed by atoms with Crippen LogP contribution in [0.4, 0.5) is 0 Å². The second kappa shape index (κ2) is 6.04. The zero-order valence-corrected chi connectivity index (χ0v) is 16.0. The molecule has 3 aliphatic rings. The second-order valence-electron chi connectivity index (χ2n) is 9.19. The highest BCUT2D eigenvalue weighted by Crippen LogP contribution is 2.63. The van der Waals surface area contributed by atoms with E-state index in [-0.39, 0.29) is 22.2 Å². The highest BCUT2D eigenvalue weighted by Gasteiger charge is 2.58. The van der Waals surface area contributed by atoms with Crippen LogP contribution in [-0.2, 0) is 9.53 Å². The van der Waals surface area contributed by atoms with Gasteiger partial charge in [-0.05, 0) is 75.0 Å². The molecule has 3 rings (SSSR count). The lowest BCUT2D eigenvalue weighted by Crippen LogP contribution is -2.54.